The number of carbonyl (C=O) groups excluding carboxylic acids is 2. The summed E-state index contributed by atoms with van der Waals surface area (Å²) >= 11 is 0. The molecule has 6 nitrogen and oxygen atoms in total. The molecule has 2 aliphatic rings. The van der Waals surface area contributed by atoms with Gasteiger partial charge in [-0.3, -0.25) is 4.79 Å². The minimum atomic E-state index is -0.311. The van der Waals surface area contributed by atoms with Gasteiger partial charge < -0.3 is 20.3 Å². The van der Waals surface area contributed by atoms with Gasteiger partial charge >= 0.3 is 6.09 Å². The number of hydrogen-bond donors (Lipinski definition) is 1. The van der Waals surface area contributed by atoms with E-state index in [1.165, 1.54) is 13.5 Å². The molecule has 2 atom stereocenters. The van der Waals surface area contributed by atoms with Crippen LogP contribution in [0, 0.1) is 11.8 Å². The summed E-state index contributed by atoms with van der Waals surface area (Å²) in [4.78, 5) is 27.6. The van der Waals surface area contributed by atoms with E-state index < -0.39 is 0 Å². The summed E-state index contributed by atoms with van der Waals surface area (Å²) in [6, 6.07) is 0. The summed E-state index contributed by atoms with van der Waals surface area (Å²) < 4.78 is 4.70. The molecule has 2 N–H and O–H groups in total. The van der Waals surface area contributed by atoms with Crippen LogP contribution in [-0.4, -0.2) is 61.6 Å². The van der Waals surface area contributed by atoms with Crippen molar-refractivity contribution in [2.24, 2.45) is 17.6 Å². The first-order chi connectivity index (χ1) is 9.67. The fraction of sp³-hybridized carbons (Fsp3) is 0.857. The van der Waals surface area contributed by atoms with E-state index in [0.717, 1.165) is 19.3 Å². The molecule has 1 heterocycles. The van der Waals surface area contributed by atoms with Crippen LogP contribution < -0.4 is 5.73 Å². The first kappa shape index (κ1) is 15.1. The maximum atomic E-state index is 12.6. The molecule has 0 aromatic carbocycles. The van der Waals surface area contributed by atoms with Gasteiger partial charge in [0.1, 0.15) is 0 Å². The highest BCUT2D eigenvalue weighted by atomic mass is 16.5. The molecule has 2 rings (SSSR count). The molecular weight excluding hydrogens is 258 g/mol. The zero-order valence-electron chi connectivity index (χ0n) is 12.2. The van der Waals surface area contributed by atoms with E-state index in [1.807, 2.05) is 4.90 Å². The van der Waals surface area contributed by atoms with Crippen LogP contribution in [0.4, 0.5) is 4.79 Å². The first-order valence-corrected chi connectivity index (χ1v) is 7.49. The Morgan fingerprint density at radius 1 is 1.10 bits per heavy atom. The highest BCUT2D eigenvalue weighted by Crippen LogP contribution is 2.31. The molecular formula is C14H25N3O3. The minimum absolute atomic E-state index is 0.0819. The molecule has 0 bridgehead atoms. The highest BCUT2D eigenvalue weighted by molar-refractivity contribution is 5.79. The number of amides is 2. The fourth-order valence-corrected chi connectivity index (χ4v) is 3.29. The SMILES string of the molecule is COC(=O)N1CCN(C(=O)C2CCCCC2CN)CC1. The Balaban J connectivity index is 1.89. The fourth-order valence-electron chi connectivity index (χ4n) is 3.29. The third-order valence-corrected chi connectivity index (χ3v) is 4.55. The van der Waals surface area contributed by atoms with Crippen LogP contribution in [0.25, 0.3) is 0 Å². The van der Waals surface area contributed by atoms with Gasteiger partial charge in [-0.1, -0.05) is 12.8 Å². The van der Waals surface area contributed by atoms with Crippen molar-refractivity contribution in [2.75, 3.05) is 39.8 Å². The van der Waals surface area contributed by atoms with Gasteiger partial charge in [0.2, 0.25) is 5.91 Å². The number of carbonyl (C=O) groups is 2. The zero-order valence-corrected chi connectivity index (χ0v) is 12.2. The number of nitrogens with zero attached hydrogens (tertiary/aromatic N) is 2. The van der Waals surface area contributed by atoms with Crippen LogP contribution in [0.15, 0.2) is 0 Å². The van der Waals surface area contributed by atoms with Gasteiger partial charge in [-0.15, -0.1) is 0 Å². The predicted octanol–water partition coefficient (Wildman–Crippen LogP) is 0.662. The van der Waals surface area contributed by atoms with Crippen molar-refractivity contribution in [3.05, 3.63) is 0 Å². The summed E-state index contributed by atoms with van der Waals surface area (Å²) in [6.45, 7) is 2.90. The average Bonchev–Trinajstić information content (AvgIpc) is 2.53. The van der Waals surface area contributed by atoms with Gasteiger partial charge in [-0.05, 0) is 25.3 Å². The van der Waals surface area contributed by atoms with Crippen LogP contribution in [0.5, 0.6) is 0 Å². The Morgan fingerprint density at radius 2 is 1.70 bits per heavy atom. The third kappa shape index (κ3) is 3.23. The molecule has 1 saturated heterocycles. The van der Waals surface area contributed by atoms with Crippen LogP contribution >= 0.6 is 0 Å². The van der Waals surface area contributed by atoms with Gasteiger partial charge in [0.05, 0.1) is 7.11 Å². The molecule has 0 spiro atoms. The summed E-state index contributed by atoms with van der Waals surface area (Å²) in [7, 11) is 1.38. The van der Waals surface area contributed by atoms with Crippen LogP contribution in [0.2, 0.25) is 0 Å². The minimum Gasteiger partial charge on any atom is -0.453 e. The first-order valence-electron chi connectivity index (χ1n) is 7.49. The van der Waals surface area contributed by atoms with Crippen molar-refractivity contribution in [1.29, 1.82) is 0 Å². The molecule has 0 aromatic heterocycles. The van der Waals surface area contributed by atoms with Crippen molar-refractivity contribution < 1.29 is 14.3 Å². The number of rotatable bonds is 2. The molecule has 0 radical (unpaired) electrons. The summed E-state index contributed by atoms with van der Waals surface area (Å²) in [6.07, 6.45) is 4.01. The Bertz CT molecular complexity index is 354. The second-order valence-corrected chi connectivity index (χ2v) is 5.67. The maximum absolute atomic E-state index is 12.6. The monoisotopic (exact) mass is 283 g/mol. The van der Waals surface area contributed by atoms with E-state index in [2.05, 4.69) is 0 Å². The van der Waals surface area contributed by atoms with Gasteiger partial charge in [-0.25, -0.2) is 4.79 Å². The lowest BCUT2D eigenvalue weighted by Gasteiger charge is -2.38. The smallest absolute Gasteiger partial charge is 0.409 e. The zero-order chi connectivity index (χ0) is 14.5. The number of piperazine rings is 1. The van der Waals surface area contributed by atoms with Crippen LogP contribution in [-0.2, 0) is 9.53 Å². The van der Waals surface area contributed by atoms with E-state index in [4.69, 9.17) is 10.5 Å². The lowest BCUT2D eigenvalue weighted by atomic mass is 9.78. The Hall–Kier alpha value is -1.30. The molecule has 2 amide bonds. The number of ether oxygens (including phenoxy) is 1. The molecule has 0 aromatic rings. The standard InChI is InChI=1S/C14H25N3O3/c1-20-14(19)17-8-6-16(7-9-17)13(18)12-5-3-2-4-11(12)10-15/h11-12H,2-10,15H2,1H3. The van der Waals surface area contributed by atoms with E-state index in [9.17, 15) is 9.59 Å². The normalized spacial score (nSPS) is 27.3. The largest absolute Gasteiger partial charge is 0.453 e. The summed E-state index contributed by atoms with van der Waals surface area (Å²) in [5, 5.41) is 0. The van der Waals surface area contributed by atoms with Gasteiger partial charge in [0.15, 0.2) is 0 Å². The number of methoxy groups -OCH3 is 1. The number of hydrogen-bond acceptors (Lipinski definition) is 4. The van der Waals surface area contributed by atoms with Crippen LogP contribution in [0.1, 0.15) is 25.7 Å². The van der Waals surface area contributed by atoms with Crippen molar-refractivity contribution in [1.82, 2.24) is 9.80 Å². The summed E-state index contributed by atoms with van der Waals surface area (Å²) in [5.41, 5.74) is 5.80. The van der Waals surface area contributed by atoms with Crippen molar-refractivity contribution in [2.45, 2.75) is 25.7 Å². The highest BCUT2D eigenvalue weighted by Gasteiger charge is 2.34. The Kier molecular flexibility index (Phi) is 5.23. The lowest BCUT2D eigenvalue weighted by molar-refractivity contribution is -0.140. The maximum Gasteiger partial charge on any atom is 0.409 e. The molecule has 1 saturated carbocycles. The molecule has 114 valence electrons. The molecule has 2 unspecified atom stereocenters. The molecule has 6 heteroatoms. The van der Waals surface area contributed by atoms with Gasteiger partial charge in [0, 0.05) is 32.1 Å². The van der Waals surface area contributed by atoms with Gasteiger partial charge in [-0.2, -0.15) is 0 Å². The van der Waals surface area contributed by atoms with E-state index in [-0.39, 0.29) is 17.9 Å². The van der Waals surface area contributed by atoms with Crippen molar-refractivity contribution in [3.8, 4) is 0 Å². The number of nitrogens with two attached hydrogens (primary N) is 1. The molecule has 1 aliphatic carbocycles. The third-order valence-electron chi connectivity index (χ3n) is 4.55. The predicted molar refractivity (Wildman–Crippen MR) is 75.1 cm³/mol. The summed E-state index contributed by atoms with van der Waals surface area (Å²) in [5.74, 6) is 0.637. The Labute approximate surface area is 120 Å². The van der Waals surface area contributed by atoms with Crippen molar-refractivity contribution >= 4 is 12.0 Å². The molecule has 1 aliphatic heterocycles. The average molecular weight is 283 g/mol. The van der Waals surface area contributed by atoms with E-state index >= 15 is 0 Å². The van der Waals surface area contributed by atoms with Gasteiger partial charge in [0.25, 0.3) is 0 Å². The molecule has 2 fully saturated rings. The topological polar surface area (TPSA) is 75.9 Å². The van der Waals surface area contributed by atoms with Crippen molar-refractivity contribution in [3.63, 3.8) is 0 Å². The second-order valence-electron chi connectivity index (χ2n) is 5.67. The van der Waals surface area contributed by atoms with Crippen LogP contribution in [0.3, 0.4) is 0 Å². The Morgan fingerprint density at radius 3 is 2.30 bits per heavy atom. The quantitative estimate of drug-likeness (QED) is 0.808. The van der Waals surface area contributed by atoms with E-state index in [0.29, 0.717) is 38.6 Å². The molecule has 20 heavy (non-hydrogen) atoms. The second kappa shape index (κ2) is 6.92. The van der Waals surface area contributed by atoms with E-state index in [1.54, 1.807) is 4.90 Å². The lowest BCUT2D eigenvalue weighted by Crippen LogP contribution is -2.53.